The number of benzene rings is 3. The minimum atomic E-state index is -0.351. The first-order valence-electron chi connectivity index (χ1n) is 15.8. The number of carbonyl (C=O) groups is 3. The number of anilines is 3. The van der Waals surface area contributed by atoms with Crippen molar-refractivity contribution in [2.24, 2.45) is 5.73 Å². The quantitative estimate of drug-likeness (QED) is 0.242. The van der Waals surface area contributed by atoms with Crippen molar-refractivity contribution in [2.75, 3.05) is 41.7 Å². The molecule has 0 bridgehead atoms. The largest absolute Gasteiger partial charge is 0.370 e. The molecule has 230 valence electrons. The van der Waals surface area contributed by atoms with Gasteiger partial charge in [0.15, 0.2) is 0 Å². The molecule has 4 N–H and O–H groups in total. The van der Waals surface area contributed by atoms with E-state index in [1.54, 1.807) is 12.1 Å². The van der Waals surface area contributed by atoms with Gasteiger partial charge in [-0.3, -0.25) is 19.3 Å². The normalized spacial score (nSPS) is 16.1. The Labute approximate surface area is 260 Å². The molecule has 0 aromatic heterocycles. The van der Waals surface area contributed by atoms with Crippen LogP contribution in [0.25, 0.3) is 6.08 Å². The Morgan fingerprint density at radius 2 is 1.57 bits per heavy atom. The number of carbonyl (C=O) groups excluding carboxylic acids is 3. The summed E-state index contributed by atoms with van der Waals surface area (Å²) in [5.41, 5.74) is 9.85. The van der Waals surface area contributed by atoms with Crippen LogP contribution in [0, 0.1) is 0 Å². The first kappa shape index (κ1) is 31.0. The van der Waals surface area contributed by atoms with Gasteiger partial charge >= 0.3 is 0 Å². The molecule has 2 fully saturated rings. The number of nitrogens with one attached hydrogen (secondary N) is 2. The van der Waals surface area contributed by atoms with Gasteiger partial charge in [-0.05, 0) is 67.2 Å². The standard InChI is InChI=1S/C36H43N5O3/c37-34(42)17-9-13-28-12-7-8-16-31(28)36(44)38-29-19-20-33(41-24-22-40(23-25-41)30-14-5-2-6-15-30)32(26-29)39-35(43)21-18-27-10-3-1-4-11-27/h1,3-4,7-8,10-12,16,18-21,26,30H,2,5-6,9,13-15,17,22-25H2,(H2,37,42)(H,38,44)(H,39,43). The van der Waals surface area contributed by atoms with E-state index in [0.717, 1.165) is 43.0 Å². The predicted octanol–water partition coefficient (Wildman–Crippen LogP) is 5.85. The van der Waals surface area contributed by atoms with Gasteiger partial charge in [-0.25, -0.2) is 0 Å². The topological polar surface area (TPSA) is 108 Å². The van der Waals surface area contributed by atoms with Crippen molar-refractivity contribution >= 4 is 40.9 Å². The van der Waals surface area contributed by atoms with Crippen molar-refractivity contribution in [1.82, 2.24) is 4.90 Å². The van der Waals surface area contributed by atoms with Crippen molar-refractivity contribution in [3.8, 4) is 0 Å². The second-order valence-corrected chi connectivity index (χ2v) is 11.7. The van der Waals surface area contributed by atoms with E-state index in [0.29, 0.717) is 35.8 Å². The Hall–Kier alpha value is -4.43. The van der Waals surface area contributed by atoms with E-state index in [1.165, 1.54) is 38.2 Å². The zero-order valence-electron chi connectivity index (χ0n) is 25.3. The van der Waals surface area contributed by atoms with Crippen molar-refractivity contribution in [2.45, 2.75) is 57.4 Å². The molecule has 5 rings (SSSR count). The SMILES string of the molecule is NC(=O)CCCc1ccccc1C(=O)Nc1ccc(N2CCN(C3CCCCC3)CC2)c(NC(=O)C=Cc2ccccc2)c1. The number of piperazine rings is 1. The smallest absolute Gasteiger partial charge is 0.255 e. The second-order valence-electron chi connectivity index (χ2n) is 11.7. The molecule has 3 amide bonds. The third kappa shape index (κ3) is 8.57. The number of hydrogen-bond donors (Lipinski definition) is 3. The molecular weight excluding hydrogens is 550 g/mol. The van der Waals surface area contributed by atoms with Crippen LogP contribution in [0.1, 0.15) is 66.4 Å². The summed E-state index contributed by atoms with van der Waals surface area (Å²) in [6.07, 6.45) is 11.3. The fourth-order valence-electron chi connectivity index (χ4n) is 6.29. The van der Waals surface area contributed by atoms with E-state index < -0.39 is 0 Å². The lowest BCUT2D eigenvalue weighted by Gasteiger charge is -2.42. The van der Waals surface area contributed by atoms with Crippen LogP contribution in [0.15, 0.2) is 78.9 Å². The van der Waals surface area contributed by atoms with Crippen LogP contribution in [0.4, 0.5) is 17.1 Å². The van der Waals surface area contributed by atoms with Crippen LogP contribution in [-0.4, -0.2) is 54.8 Å². The molecule has 3 aromatic carbocycles. The molecule has 1 saturated carbocycles. The molecule has 2 aliphatic rings. The summed E-state index contributed by atoms with van der Waals surface area (Å²) < 4.78 is 0. The van der Waals surface area contributed by atoms with Crippen LogP contribution in [0.3, 0.4) is 0 Å². The van der Waals surface area contributed by atoms with Crippen LogP contribution >= 0.6 is 0 Å². The molecule has 0 unspecified atom stereocenters. The number of hydrogen-bond acceptors (Lipinski definition) is 5. The van der Waals surface area contributed by atoms with Gasteiger partial charge in [-0.15, -0.1) is 0 Å². The summed E-state index contributed by atoms with van der Waals surface area (Å²) >= 11 is 0. The van der Waals surface area contributed by atoms with Crippen molar-refractivity contribution < 1.29 is 14.4 Å². The van der Waals surface area contributed by atoms with E-state index >= 15 is 0 Å². The first-order chi connectivity index (χ1) is 21.5. The van der Waals surface area contributed by atoms with E-state index in [9.17, 15) is 14.4 Å². The highest BCUT2D eigenvalue weighted by Crippen LogP contribution is 2.32. The van der Waals surface area contributed by atoms with Crippen molar-refractivity contribution in [3.63, 3.8) is 0 Å². The number of nitrogens with two attached hydrogens (primary N) is 1. The van der Waals surface area contributed by atoms with Crippen LogP contribution < -0.4 is 21.3 Å². The Morgan fingerprint density at radius 1 is 0.841 bits per heavy atom. The molecule has 1 aliphatic heterocycles. The summed E-state index contributed by atoms with van der Waals surface area (Å²) in [7, 11) is 0. The summed E-state index contributed by atoms with van der Waals surface area (Å²) in [5.74, 6) is -0.829. The molecule has 3 aromatic rings. The third-order valence-corrected chi connectivity index (χ3v) is 8.62. The molecule has 8 heteroatoms. The van der Waals surface area contributed by atoms with Gasteiger partial charge in [0.1, 0.15) is 0 Å². The number of rotatable bonds is 11. The molecule has 8 nitrogen and oxygen atoms in total. The molecular formula is C36H43N5O3. The Bertz CT molecular complexity index is 1460. The average Bonchev–Trinajstić information content (AvgIpc) is 3.05. The Morgan fingerprint density at radius 3 is 2.32 bits per heavy atom. The number of aryl methyl sites for hydroxylation is 1. The number of amides is 3. The maximum Gasteiger partial charge on any atom is 0.255 e. The molecule has 1 saturated heterocycles. The van der Waals surface area contributed by atoms with E-state index in [4.69, 9.17) is 5.73 Å². The van der Waals surface area contributed by atoms with Crippen molar-refractivity contribution in [3.05, 3.63) is 95.6 Å². The zero-order chi connectivity index (χ0) is 30.7. The van der Waals surface area contributed by atoms with Gasteiger partial charge in [0.05, 0.1) is 11.4 Å². The minimum Gasteiger partial charge on any atom is -0.370 e. The second kappa shape index (κ2) is 15.3. The first-order valence-corrected chi connectivity index (χ1v) is 15.8. The zero-order valence-corrected chi connectivity index (χ0v) is 25.3. The lowest BCUT2D eigenvalue weighted by Crippen LogP contribution is -2.51. The Balaban J connectivity index is 1.33. The van der Waals surface area contributed by atoms with Gasteiger partial charge in [0.2, 0.25) is 11.8 Å². The van der Waals surface area contributed by atoms with E-state index in [2.05, 4.69) is 20.4 Å². The third-order valence-electron chi connectivity index (χ3n) is 8.62. The molecule has 0 radical (unpaired) electrons. The highest BCUT2D eigenvalue weighted by molar-refractivity contribution is 6.07. The van der Waals surface area contributed by atoms with Gasteiger partial charge in [0, 0.05) is 56.0 Å². The number of nitrogens with zero attached hydrogens (tertiary/aromatic N) is 2. The maximum atomic E-state index is 13.4. The summed E-state index contributed by atoms with van der Waals surface area (Å²) in [6.45, 7) is 3.75. The van der Waals surface area contributed by atoms with Crippen LogP contribution in [0.5, 0.6) is 0 Å². The molecule has 0 atom stereocenters. The molecule has 0 spiro atoms. The van der Waals surface area contributed by atoms with E-state index in [-0.39, 0.29) is 24.1 Å². The average molecular weight is 594 g/mol. The maximum absolute atomic E-state index is 13.4. The fourth-order valence-corrected chi connectivity index (χ4v) is 6.29. The summed E-state index contributed by atoms with van der Waals surface area (Å²) in [5, 5.41) is 6.10. The summed E-state index contributed by atoms with van der Waals surface area (Å²) in [4.78, 5) is 42.6. The monoisotopic (exact) mass is 593 g/mol. The van der Waals surface area contributed by atoms with Gasteiger partial charge in [-0.1, -0.05) is 67.8 Å². The van der Waals surface area contributed by atoms with Gasteiger partial charge < -0.3 is 21.3 Å². The Kier molecular flexibility index (Phi) is 10.8. The predicted molar refractivity (Wildman–Crippen MR) is 178 cm³/mol. The van der Waals surface area contributed by atoms with Crippen molar-refractivity contribution in [1.29, 1.82) is 0 Å². The van der Waals surface area contributed by atoms with E-state index in [1.807, 2.05) is 66.7 Å². The highest BCUT2D eigenvalue weighted by atomic mass is 16.2. The van der Waals surface area contributed by atoms with Gasteiger partial charge in [0.25, 0.3) is 5.91 Å². The molecule has 1 aliphatic carbocycles. The minimum absolute atomic E-state index is 0.237. The number of primary amides is 1. The van der Waals surface area contributed by atoms with Crippen LogP contribution in [-0.2, 0) is 16.0 Å². The van der Waals surface area contributed by atoms with Crippen LogP contribution in [0.2, 0.25) is 0 Å². The van der Waals surface area contributed by atoms with Gasteiger partial charge in [-0.2, -0.15) is 0 Å². The molecule has 44 heavy (non-hydrogen) atoms. The highest BCUT2D eigenvalue weighted by Gasteiger charge is 2.26. The lowest BCUT2D eigenvalue weighted by atomic mass is 9.94. The fraction of sp³-hybridized carbons (Fsp3) is 0.361. The summed E-state index contributed by atoms with van der Waals surface area (Å²) in [6, 6.07) is 23.5. The molecule has 1 heterocycles. The lowest BCUT2D eigenvalue weighted by molar-refractivity contribution is -0.118.